The summed E-state index contributed by atoms with van der Waals surface area (Å²) in [5.41, 5.74) is 1.88. The zero-order valence-corrected chi connectivity index (χ0v) is 18.1. The van der Waals surface area contributed by atoms with Crippen molar-refractivity contribution >= 4 is 29.3 Å². The first-order valence-electron chi connectivity index (χ1n) is 10.4. The van der Waals surface area contributed by atoms with Crippen LogP contribution in [0.3, 0.4) is 0 Å². The summed E-state index contributed by atoms with van der Waals surface area (Å²) in [5.74, 6) is 1.27. The van der Waals surface area contributed by atoms with Gasteiger partial charge in [-0.15, -0.1) is 0 Å². The second kappa shape index (κ2) is 8.23. The molecule has 1 atom stereocenters. The number of rotatable bonds is 4. The molecule has 2 aromatic heterocycles. The highest BCUT2D eigenvalue weighted by molar-refractivity contribution is 7.99. The van der Waals surface area contributed by atoms with Gasteiger partial charge in [0.2, 0.25) is 11.8 Å². The molecule has 4 heterocycles. The summed E-state index contributed by atoms with van der Waals surface area (Å²) in [4.78, 5) is 36.6. The van der Waals surface area contributed by atoms with Crippen LogP contribution in [0.2, 0.25) is 5.02 Å². The lowest BCUT2D eigenvalue weighted by molar-refractivity contribution is -0.133. The predicted octanol–water partition coefficient (Wildman–Crippen LogP) is 2.89. The van der Waals surface area contributed by atoms with Crippen LogP contribution in [-0.4, -0.2) is 50.3 Å². The normalized spacial score (nSPS) is 20.8. The molecule has 2 aliphatic heterocycles. The van der Waals surface area contributed by atoms with E-state index in [0.717, 1.165) is 54.3 Å². The highest BCUT2D eigenvalue weighted by Gasteiger charge is 2.33. The highest BCUT2D eigenvalue weighted by Crippen LogP contribution is 2.34. The molecule has 0 aromatic carbocycles. The van der Waals surface area contributed by atoms with Gasteiger partial charge in [-0.3, -0.25) is 14.2 Å². The quantitative estimate of drug-likeness (QED) is 0.672. The van der Waals surface area contributed by atoms with Crippen molar-refractivity contribution in [3.05, 3.63) is 45.0 Å². The zero-order valence-electron chi connectivity index (χ0n) is 16.6. The van der Waals surface area contributed by atoms with Crippen LogP contribution < -0.4 is 10.3 Å². The minimum atomic E-state index is -0.107. The number of aryl methyl sites for hydroxylation is 1. The number of likely N-dealkylation sites (tertiary alicyclic amines) is 1. The lowest BCUT2D eigenvalue weighted by atomic mass is 10.1. The Balaban J connectivity index is 1.20. The maximum Gasteiger partial charge on any atom is 0.257 e. The Kier molecular flexibility index (Phi) is 5.45. The fraction of sp³-hybridized carbons (Fsp3) is 0.524. The van der Waals surface area contributed by atoms with E-state index in [0.29, 0.717) is 30.4 Å². The Morgan fingerprint density at radius 2 is 2.13 bits per heavy atom. The molecule has 3 aliphatic rings. The first kappa shape index (κ1) is 19.9. The highest BCUT2D eigenvalue weighted by atomic mass is 35.5. The standard InChI is InChI=1S/C21H23ClN4O3S/c22-16-4-2-8-23-19(16)29-14-6-9-25(10-7-14)18(27)11-13-12-30-21-24-17-5-1-3-15(17)20(28)26(13)21/h2,4,8,13-14H,1,3,5-7,9-12H2. The fourth-order valence-corrected chi connectivity index (χ4v) is 5.79. The molecule has 158 valence electrons. The van der Waals surface area contributed by atoms with E-state index < -0.39 is 0 Å². The van der Waals surface area contributed by atoms with Crippen molar-refractivity contribution < 1.29 is 9.53 Å². The summed E-state index contributed by atoms with van der Waals surface area (Å²) >= 11 is 7.71. The minimum absolute atomic E-state index is 0.00128. The van der Waals surface area contributed by atoms with Gasteiger partial charge < -0.3 is 9.64 Å². The van der Waals surface area contributed by atoms with E-state index in [1.807, 2.05) is 4.90 Å². The molecular weight excluding hydrogens is 424 g/mol. The van der Waals surface area contributed by atoms with Crippen LogP contribution in [0.1, 0.15) is 43.0 Å². The fourth-order valence-electron chi connectivity index (χ4n) is 4.47. The average Bonchev–Trinajstić information content (AvgIpc) is 3.38. The van der Waals surface area contributed by atoms with Crippen LogP contribution in [0, 0.1) is 0 Å². The number of nitrogens with zero attached hydrogens (tertiary/aromatic N) is 4. The first-order chi connectivity index (χ1) is 14.6. The smallest absolute Gasteiger partial charge is 0.257 e. The number of carbonyl (C=O) groups is 1. The number of aromatic nitrogens is 3. The van der Waals surface area contributed by atoms with Gasteiger partial charge in [0.15, 0.2) is 5.16 Å². The average molecular weight is 447 g/mol. The minimum Gasteiger partial charge on any atom is -0.473 e. The first-order valence-corrected chi connectivity index (χ1v) is 11.8. The van der Waals surface area contributed by atoms with Gasteiger partial charge in [0, 0.05) is 49.9 Å². The van der Waals surface area contributed by atoms with Crippen LogP contribution in [0.4, 0.5) is 0 Å². The topological polar surface area (TPSA) is 77.3 Å². The van der Waals surface area contributed by atoms with Gasteiger partial charge in [0.1, 0.15) is 11.1 Å². The van der Waals surface area contributed by atoms with Gasteiger partial charge >= 0.3 is 0 Å². The Morgan fingerprint density at radius 1 is 1.30 bits per heavy atom. The van der Waals surface area contributed by atoms with Crippen LogP contribution in [-0.2, 0) is 17.6 Å². The molecule has 1 fully saturated rings. The van der Waals surface area contributed by atoms with Crippen molar-refractivity contribution in [2.75, 3.05) is 18.8 Å². The number of pyridine rings is 1. The number of ether oxygens (including phenoxy) is 1. The van der Waals surface area contributed by atoms with E-state index in [9.17, 15) is 9.59 Å². The van der Waals surface area contributed by atoms with Gasteiger partial charge in [0.25, 0.3) is 5.56 Å². The third-order valence-electron chi connectivity index (χ3n) is 6.08. The van der Waals surface area contributed by atoms with Crippen molar-refractivity contribution in [3.63, 3.8) is 0 Å². The third kappa shape index (κ3) is 3.71. The Morgan fingerprint density at radius 3 is 2.93 bits per heavy atom. The zero-order chi connectivity index (χ0) is 20.7. The summed E-state index contributed by atoms with van der Waals surface area (Å²) < 4.78 is 7.68. The van der Waals surface area contributed by atoms with Crippen molar-refractivity contribution in [2.45, 2.75) is 55.8 Å². The van der Waals surface area contributed by atoms with Crippen LogP contribution in [0.15, 0.2) is 28.3 Å². The Labute approximate surface area is 183 Å². The number of fused-ring (bicyclic) bond motifs is 2. The number of hydrogen-bond donors (Lipinski definition) is 0. The predicted molar refractivity (Wildman–Crippen MR) is 114 cm³/mol. The largest absolute Gasteiger partial charge is 0.473 e. The molecule has 0 radical (unpaired) electrons. The molecule has 7 nitrogen and oxygen atoms in total. The maximum absolute atomic E-state index is 12.9. The molecule has 0 spiro atoms. The van der Waals surface area contributed by atoms with Gasteiger partial charge in [0.05, 0.1) is 11.7 Å². The second-order valence-electron chi connectivity index (χ2n) is 8.01. The van der Waals surface area contributed by atoms with Crippen molar-refractivity contribution in [3.8, 4) is 5.88 Å². The Bertz CT molecular complexity index is 1040. The third-order valence-corrected chi connectivity index (χ3v) is 7.47. The summed E-state index contributed by atoms with van der Waals surface area (Å²) in [5, 5.41) is 1.27. The van der Waals surface area contributed by atoms with Gasteiger partial charge in [-0.05, 0) is 31.4 Å². The second-order valence-corrected chi connectivity index (χ2v) is 9.40. The van der Waals surface area contributed by atoms with E-state index in [1.165, 1.54) is 0 Å². The number of hydrogen-bond acceptors (Lipinski definition) is 6. The van der Waals surface area contributed by atoms with Gasteiger partial charge in [-0.2, -0.15) is 0 Å². The van der Waals surface area contributed by atoms with E-state index in [4.69, 9.17) is 16.3 Å². The molecular formula is C21H23ClN4O3S. The van der Waals surface area contributed by atoms with Crippen LogP contribution >= 0.6 is 23.4 Å². The lowest BCUT2D eigenvalue weighted by Gasteiger charge is -2.32. The van der Waals surface area contributed by atoms with Crippen LogP contribution in [0.25, 0.3) is 0 Å². The monoisotopic (exact) mass is 446 g/mol. The Hall–Kier alpha value is -2.06. The number of halogens is 1. The molecule has 1 aliphatic carbocycles. The molecule has 9 heteroatoms. The number of piperidine rings is 1. The van der Waals surface area contributed by atoms with E-state index in [1.54, 1.807) is 34.7 Å². The van der Waals surface area contributed by atoms with Crippen molar-refractivity contribution in [2.24, 2.45) is 0 Å². The van der Waals surface area contributed by atoms with E-state index in [2.05, 4.69) is 9.97 Å². The molecule has 5 rings (SSSR count). The van der Waals surface area contributed by atoms with E-state index in [-0.39, 0.29) is 23.6 Å². The summed E-state index contributed by atoms with van der Waals surface area (Å²) in [6, 6.07) is 3.42. The molecule has 1 saturated heterocycles. The lowest BCUT2D eigenvalue weighted by Crippen LogP contribution is -2.43. The number of thioether (sulfide) groups is 1. The van der Waals surface area contributed by atoms with Crippen molar-refractivity contribution in [1.82, 2.24) is 19.4 Å². The van der Waals surface area contributed by atoms with Crippen LogP contribution in [0.5, 0.6) is 5.88 Å². The van der Waals surface area contributed by atoms with E-state index >= 15 is 0 Å². The van der Waals surface area contributed by atoms with Gasteiger partial charge in [-0.1, -0.05) is 23.4 Å². The molecule has 0 saturated carbocycles. The SMILES string of the molecule is O=C(CC1CSc2nc3c(c(=O)n21)CCC3)N1CCC(Oc2ncccc2Cl)CC1. The molecule has 2 aromatic rings. The summed E-state index contributed by atoms with van der Waals surface area (Å²) in [7, 11) is 0. The molecule has 0 N–H and O–H groups in total. The molecule has 0 bridgehead atoms. The number of amides is 1. The maximum atomic E-state index is 12.9. The number of carbonyl (C=O) groups excluding carboxylic acids is 1. The molecule has 1 unspecified atom stereocenters. The summed E-state index contributed by atoms with van der Waals surface area (Å²) in [6.45, 7) is 1.27. The molecule has 30 heavy (non-hydrogen) atoms. The van der Waals surface area contributed by atoms with Gasteiger partial charge in [-0.25, -0.2) is 9.97 Å². The van der Waals surface area contributed by atoms with Crippen molar-refractivity contribution in [1.29, 1.82) is 0 Å². The molecule has 1 amide bonds. The summed E-state index contributed by atoms with van der Waals surface area (Å²) in [6.07, 6.45) is 6.17.